The predicted octanol–water partition coefficient (Wildman–Crippen LogP) is 2.50. The number of anilines is 1. The van der Waals surface area contributed by atoms with Gasteiger partial charge in [0.25, 0.3) is 0 Å². The van der Waals surface area contributed by atoms with Crippen molar-refractivity contribution in [1.82, 2.24) is 4.90 Å². The van der Waals surface area contributed by atoms with Crippen LogP contribution in [-0.2, 0) is 14.8 Å². The number of ether oxygens (including phenoxy) is 1. The molecule has 0 aromatic heterocycles. The number of carbonyl (C=O) groups is 1. The Bertz CT molecular complexity index is 673. The van der Waals surface area contributed by atoms with E-state index in [4.69, 9.17) is 4.74 Å². The molecule has 0 aliphatic carbocycles. The molecule has 1 amide bonds. The molecule has 25 heavy (non-hydrogen) atoms. The van der Waals surface area contributed by atoms with E-state index >= 15 is 0 Å². The van der Waals surface area contributed by atoms with Gasteiger partial charge in [0.2, 0.25) is 15.9 Å². The van der Waals surface area contributed by atoms with Crippen LogP contribution in [0.25, 0.3) is 0 Å². The van der Waals surface area contributed by atoms with E-state index in [1.807, 2.05) is 6.92 Å². The van der Waals surface area contributed by atoms with E-state index in [1.54, 1.807) is 29.2 Å². The Balaban J connectivity index is 2.12. The molecule has 1 aromatic carbocycles. The largest absolute Gasteiger partial charge is 0.494 e. The van der Waals surface area contributed by atoms with Crippen LogP contribution in [0.4, 0.5) is 5.69 Å². The lowest BCUT2D eigenvalue weighted by Crippen LogP contribution is -2.46. The van der Waals surface area contributed by atoms with Crippen LogP contribution in [0.5, 0.6) is 5.75 Å². The molecule has 1 aliphatic rings. The highest BCUT2D eigenvalue weighted by atomic mass is 32.2. The third kappa shape index (κ3) is 5.63. The first-order chi connectivity index (χ1) is 11.8. The van der Waals surface area contributed by atoms with Gasteiger partial charge >= 0.3 is 0 Å². The van der Waals surface area contributed by atoms with Crippen molar-refractivity contribution < 1.29 is 17.9 Å². The summed E-state index contributed by atoms with van der Waals surface area (Å²) in [7, 11) is -3.55. The fourth-order valence-electron chi connectivity index (χ4n) is 2.97. The van der Waals surface area contributed by atoms with E-state index in [9.17, 15) is 13.2 Å². The molecule has 1 fully saturated rings. The normalized spacial score (nSPS) is 18.0. The first-order valence-electron chi connectivity index (χ1n) is 8.79. The molecule has 6 nitrogen and oxygen atoms in total. The Morgan fingerprint density at radius 2 is 2.00 bits per heavy atom. The number of benzene rings is 1. The molecule has 140 valence electrons. The predicted molar refractivity (Wildman–Crippen MR) is 99.4 cm³/mol. The maximum atomic E-state index is 12.6. The summed E-state index contributed by atoms with van der Waals surface area (Å²) in [5, 5.41) is 0. The number of carbonyl (C=O) groups excluding carboxylic acids is 1. The van der Waals surface area contributed by atoms with Gasteiger partial charge in [-0.3, -0.25) is 9.10 Å². The lowest BCUT2D eigenvalue weighted by atomic mass is 10.0. The minimum Gasteiger partial charge on any atom is -0.494 e. The van der Waals surface area contributed by atoms with Gasteiger partial charge in [-0.1, -0.05) is 13.8 Å². The van der Waals surface area contributed by atoms with Gasteiger partial charge in [-0.05, 0) is 49.4 Å². The van der Waals surface area contributed by atoms with Crippen molar-refractivity contribution in [3.05, 3.63) is 24.3 Å². The second-order valence-corrected chi connectivity index (χ2v) is 8.61. The number of nitrogens with zero attached hydrogens (tertiary/aromatic N) is 2. The quantitative estimate of drug-likeness (QED) is 0.742. The van der Waals surface area contributed by atoms with Crippen LogP contribution < -0.4 is 9.04 Å². The molecule has 1 unspecified atom stereocenters. The summed E-state index contributed by atoms with van der Waals surface area (Å²) < 4.78 is 31.1. The first-order valence-corrected chi connectivity index (χ1v) is 10.6. The number of rotatable bonds is 7. The molecule has 0 bridgehead atoms. The average molecular weight is 368 g/mol. The smallest absolute Gasteiger partial charge is 0.243 e. The van der Waals surface area contributed by atoms with Crippen molar-refractivity contribution in [3.63, 3.8) is 0 Å². The van der Waals surface area contributed by atoms with Crippen molar-refractivity contribution in [2.75, 3.05) is 36.8 Å². The van der Waals surface area contributed by atoms with Gasteiger partial charge in [-0.25, -0.2) is 8.42 Å². The zero-order valence-corrected chi connectivity index (χ0v) is 16.1. The monoisotopic (exact) mass is 368 g/mol. The number of hydrogen-bond acceptors (Lipinski definition) is 4. The van der Waals surface area contributed by atoms with Gasteiger partial charge in [0, 0.05) is 13.1 Å². The highest BCUT2D eigenvalue weighted by Crippen LogP contribution is 2.23. The molecule has 0 spiro atoms. The first kappa shape index (κ1) is 19.6. The van der Waals surface area contributed by atoms with Gasteiger partial charge in [-0.2, -0.15) is 0 Å². The van der Waals surface area contributed by atoms with Crippen molar-refractivity contribution in [1.29, 1.82) is 0 Å². The Kier molecular flexibility index (Phi) is 6.70. The van der Waals surface area contributed by atoms with Gasteiger partial charge in [-0.15, -0.1) is 0 Å². The van der Waals surface area contributed by atoms with Crippen molar-refractivity contribution in [2.24, 2.45) is 5.92 Å². The van der Waals surface area contributed by atoms with Crippen molar-refractivity contribution in [2.45, 2.75) is 33.1 Å². The Labute approximate surface area is 150 Å². The van der Waals surface area contributed by atoms with Crippen LogP contribution >= 0.6 is 0 Å². The van der Waals surface area contributed by atoms with Crippen LogP contribution in [0.2, 0.25) is 0 Å². The number of piperidine rings is 1. The second kappa shape index (κ2) is 8.56. The molecule has 1 saturated heterocycles. The molecular weight excluding hydrogens is 340 g/mol. The molecule has 0 radical (unpaired) electrons. The van der Waals surface area contributed by atoms with Gasteiger partial charge in [0.1, 0.15) is 12.3 Å². The van der Waals surface area contributed by atoms with Crippen molar-refractivity contribution in [3.8, 4) is 5.75 Å². The number of hydrogen-bond donors (Lipinski definition) is 0. The minimum atomic E-state index is -3.55. The molecule has 2 rings (SSSR count). The summed E-state index contributed by atoms with van der Waals surface area (Å²) in [6, 6.07) is 6.82. The third-order valence-corrected chi connectivity index (χ3v) is 5.43. The van der Waals surface area contributed by atoms with Crippen LogP contribution in [0.15, 0.2) is 24.3 Å². The molecule has 0 N–H and O–H groups in total. The van der Waals surface area contributed by atoms with E-state index in [-0.39, 0.29) is 12.5 Å². The molecule has 1 aliphatic heterocycles. The summed E-state index contributed by atoms with van der Waals surface area (Å²) in [5.41, 5.74) is 0.477. The van der Waals surface area contributed by atoms with Gasteiger partial charge < -0.3 is 9.64 Å². The fourth-order valence-corrected chi connectivity index (χ4v) is 3.82. The summed E-state index contributed by atoms with van der Waals surface area (Å²) >= 11 is 0. The molecular formula is C18H28N2O4S. The van der Waals surface area contributed by atoms with E-state index in [1.165, 1.54) is 0 Å². The topological polar surface area (TPSA) is 66.9 Å². The highest BCUT2D eigenvalue weighted by Gasteiger charge is 2.26. The molecule has 1 aromatic rings. The lowest BCUT2D eigenvalue weighted by Gasteiger charge is -2.33. The van der Waals surface area contributed by atoms with Crippen molar-refractivity contribution >= 4 is 21.6 Å². The molecule has 1 atom stereocenters. The standard InChI is InChI=1S/C18H28N2O4S/c1-4-12-24-17-9-7-16(8-10-17)20(25(3,22)23)14-18(21)19-11-5-6-15(2)13-19/h7-10,15H,4-6,11-14H2,1-3H3. The lowest BCUT2D eigenvalue weighted by molar-refractivity contribution is -0.131. The summed E-state index contributed by atoms with van der Waals surface area (Å²) in [5.74, 6) is 0.998. The van der Waals surface area contributed by atoms with Crippen LogP contribution in [0, 0.1) is 5.92 Å². The summed E-state index contributed by atoms with van der Waals surface area (Å²) in [6.45, 7) is 5.97. The second-order valence-electron chi connectivity index (χ2n) is 6.70. The Morgan fingerprint density at radius 1 is 1.32 bits per heavy atom. The number of sulfonamides is 1. The average Bonchev–Trinajstić information content (AvgIpc) is 2.57. The zero-order valence-electron chi connectivity index (χ0n) is 15.3. The summed E-state index contributed by atoms with van der Waals surface area (Å²) in [6.07, 6.45) is 4.11. The Hall–Kier alpha value is -1.76. The summed E-state index contributed by atoms with van der Waals surface area (Å²) in [4.78, 5) is 14.3. The third-order valence-electron chi connectivity index (χ3n) is 4.29. The van der Waals surface area contributed by atoms with Crippen LogP contribution in [-0.4, -0.2) is 51.7 Å². The van der Waals surface area contributed by atoms with Crippen LogP contribution in [0.1, 0.15) is 33.1 Å². The maximum Gasteiger partial charge on any atom is 0.243 e. The van der Waals surface area contributed by atoms with Crippen LogP contribution in [0.3, 0.4) is 0 Å². The van der Waals surface area contributed by atoms with Gasteiger partial charge in [0.15, 0.2) is 0 Å². The van der Waals surface area contributed by atoms with E-state index in [0.29, 0.717) is 37.1 Å². The Morgan fingerprint density at radius 3 is 2.56 bits per heavy atom. The SMILES string of the molecule is CCCOc1ccc(N(CC(=O)N2CCCC(C)C2)S(C)(=O)=O)cc1. The van der Waals surface area contributed by atoms with Gasteiger partial charge in [0.05, 0.1) is 18.6 Å². The fraction of sp³-hybridized carbons (Fsp3) is 0.611. The number of likely N-dealkylation sites (tertiary alicyclic amines) is 1. The highest BCUT2D eigenvalue weighted by molar-refractivity contribution is 7.92. The maximum absolute atomic E-state index is 12.6. The minimum absolute atomic E-state index is 0.150. The zero-order chi connectivity index (χ0) is 18.4. The molecule has 1 heterocycles. The molecule has 7 heteroatoms. The van der Waals surface area contributed by atoms with E-state index in [2.05, 4.69) is 6.92 Å². The van der Waals surface area contributed by atoms with E-state index < -0.39 is 10.0 Å². The molecule has 0 saturated carbocycles. The number of amides is 1. The van der Waals surface area contributed by atoms with E-state index in [0.717, 1.165) is 29.8 Å².